The molecule has 0 aliphatic heterocycles. The third-order valence-electron chi connectivity index (χ3n) is 2.65. The number of nitrogens with one attached hydrogen (secondary N) is 1. The number of aromatic amines is 1. The first-order chi connectivity index (χ1) is 8.29. The molecule has 0 atom stereocenters. The van der Waals surface area contributed by atoms with Crippen molar-refractivity contribution < 1.29 is 13.9 Å². The number of hydrogen-bond donors (Lipinski definition) is 1. The summed E-state index contributed by atoms with van der Waals surface area (Å²) < 4.78 is 10.4. The van der Waals surface area contributed by atoms with Gasteiger partial charge in [0.2, 0.25) is 5.76 Å². The van der Waals surface area contributed by atoms with Crippen molar-refractivity contribution in [2.24, 2.45) is 0 Å². The van der Waals surface area contributed by atoms with Gasteiger partial charge in [-0.25, -0.2) is 4.79 Å². The number of para-hydroxylation sites is 1. The van der Waals surface area contributed by atoms with Crippen LogP contribution < -0.4 is 0 Å². The standard InChI is InChI=1S/C13H11NO3/c1-2-16-13(15)11-7-10-12(17-11)8-5-3-4-6-9(8)14-10/h3-7,14H,2H2,1H3. The van der Waals surface area contributed by atoms with E-state index >= 15 is 0 Å². The van der Waals surface area contributed by atoms with Crippen molar-refractivity contribution in [2.45, 2.75) is 6.92 Å². The SMILES string of the molecule is CCOC(=O)c1cc2[nH]c3ccccc3c2o1. The number of H-pyrrole nitrogens is 1. The molecule has 2 aromatic heterocycles. The molecule has 0 unspecified atom stereocenters. The van der Waals surface area contributed by atoms with Crippen LogP contribution in [0.3, 0.4) is 0 Å². The predicted octanol–water partition coefficient (Wildman–Crippen LogP) is 3.09. The molecule has 0 spiro atoms. The van der Waals surface area contributed by atoms with Crippen molar-refractivity contribution in [1.82, 2.24) is 4.98 Å². The number of aromatic nitrogens is 1. The molecule has 3 rings (SSSR count). The third-order valence-corrected chi connectivity index (χ3v) is 2.65. The van der Waals surface area contributed by atoms with Crippen molar-refractivity contribution in [3.63, 3.8) is 0 Å². The molecule has 1 aromatic carbocycles. The molecule has 4 heteroatoms. The van der Waals surface area contributed by atoms with Crippen LogP contribution in [0.25, 0.3) is 22.0 Å². The van der Waals surface area contributed by atoms with Crippen LogP contribution in [0.2, 0.25) is 0 Å². The van der Waals surface area contributed by atoms with Crippen LogP contribution in [0.15, 0.2) is 34.7 Å². The summed E-state index contributed by atoms with van der Waals surface area (Å²) >= 11 is 0. The number of furan rings is 1. The molecule has 0 fully saturated rings. The smallest absolute Gasteiger partial charge is 0.374 e. The van der Waals surface area contributed by atoms with E-state index in [1.54, 1.807) is 13.0 Å². The van der Waals surface area contributed by atoms with E-state index in [0.717, 1.165) is 16.4 Å². The largest absolute Gasteiger partial charge is 0.460 e. The van der Waals surface area contributed by atoms with Gasteiger partial charge in [-0.1, -0.05) is 12.1 Å². The number of hydrogen-bond acceptors (Lipinski definition) is 3. The maximum absolute atomic E-state index is 11.5. The molecule has 1 N–H and O–H groups in total. The van der Waals surface area contributed by atoms with Crippen LogP contribution in [-0.2, 0) is 4.74 Å². The van der Waals surface area contributed by atoms with Gasteiger partial charge in [-0.3, -0.25) is 0 Å². The normalized spacial score (nSPS) is 11.1. The Morgan fingerprint density at radius 2 is 2.18 bits per heavy atom. The number of rotatable bonds is 2. The first kappa shape index (κ1) is 9.96. The summed E-state index contributed by atoms with van der Waals surface area (Å²) in [5.41, 5.74) is 2.51. The van der Waals surface area contributed by atoms with Gasteiger partial charge in [0.15, 0.2) is 5.58 Å². The molecule has 3 aromatic rings. The lowest BCUT2D eigenvalue weighted by Crippen LogP contribution is -2.02. The molecule has 0 amide bonds. The van der Waals surface area contributed by atoms with Crippen molar-refractivity contribution in [3.8, 4) is 0 Å². The molecule has 0 saturated heterocycles. The van der Waals surface area contributed by atoms with Crippen molar-refractivity contribution >= 4 is 28.0 Å². The zero-order chi connectivity index (χ0) is 11.8. The van der Waals surface area contributed by atoms with Gasteiger partial charge in [-0.2, -0.15) is 0 Å². The lowest BCUT2D eigenvalue weighted by Gasteiger charge is -1.96. The summed E-state index contributed by atoms with van der Waals surface area (Å²) in [6.45, 7) is 2.11. The van der Waals surface area contributed by atoms with Crippen molar-refractivity contribution in [2.75, 3.05) is 6.61 Å². The van der Waals surface area contributed by atoms with Crippen molar-refractivity contribution in [3.05, 3.63) is 36.1 Å². The Kier molecular flexibility index (Phi) is 2.14. The summed E-state index contributed by atoms with van der Waals surface area (Å²) in [5, 5.41) is 0.970. The molecule has 86 valence electrons. The summed E-state index contributed by atoms with van der Waals surface area (Å²) in [6, 6.07) is 9.47. The maximum atomic E-state index is 11.5. The monoisotopic (exact) mass is 229 g/mol. The molecule has 0 radical (unpaired) electrons. The highest BCUT2D eigenvalue weighted by Gasteiger charge is 2.16. The minimum atomic E-state index is -0.429. The number of fused-ring (bicyclic) bond motifs is 3. The average Bonchev–Trinajstić information content (AvgIpc) is 2.86. The first-order valence-corrected chi connectivity index (χ1v) is 5.47. The molecule has 4 nitrogen and oxygen atoms in total. The Bertz CT molecular complexity index is 693. The number of ether oxygens (including phenoxy) is 1. The van der Waals surface area contributed by atoms with E-state index < -0.39 is 5.97 Å². The summed E-state index contributed by atoms with van der Waals surface area (Å²) in [5.74, 6) is -0.194. The molecule has 17 heavy (non-hydrogen) atoms. The molecule has 0 bridgehead atoms. The third kappa shape index (κ3) is 1.49. The maximum Gasteiger partial charge on any atom is 0.374 e. The highest BCUT2D eigenvalue weighted by atomic mass is 16.5. The quantitative estimate of drug-likeness (QED) is 0.687. The zero-order valence-corrected chi connectivity index (χ0v) is 9.32. The van der Waals surface area contributed by atoms with Gasteiger partial charge in [0, 0.05) is 17.0 Å². The van der Waals surface area contributed by atoms with Gasteiger partial charge < -0.3 is 14.1 Å². The Morgan fingerprint density at radius 1 is 1.35 bits per heavy atom. The molecule has 0 saturated carbocycles. The van der Waals surface area contributed by atoms with Gasteiger partial charge in [0.25, 0.3) is 0 Å². The highest BCUT2D eigenvalue weighted by Crippen LogP contribution is 2.28. The second kappa shape index (κ2) is 3.66. The number of carbonyl (C=O) groups excluding carboxylic acids is 1. The Hall–Kier alpha value is -2.23. The van der Waals surface area contributed by atoms with Crippen LogP contribution in [0.5, 0.6) is 0 Å². The fourth-order valence-electron chi connectivity index (χ4n) is 1.92. The number of benzene rings is 1. The van der Waals surface area contributed by atoms with Gasteiger partial charge in [0.1, 0.15) is 0 Å². The highest BCUT2D eigenvalue weighted by molar-refractivity contribution is 6.06. The van der Waals surface area contributed by atoms with Crippen LogP contribution >= 0.6 is 0 Å². The van der Waals surface area contributed by atoms with Gasteiger partial charge in [-0.15, -0.1) is 0 Å². The number of esters is 1. The van der Waals surface area contributed by atoms with Gasteiger partial charge in [-0.05, 0) is 19.1 Å². The van der Waals surface area contributed by atoms with E-state index in [4.69, 9.17) is 9.15 Å². The predicted molar refractivity (Wildman–Crippen MR) is 64.0 cm³/mol. The molecule has 0 aliphatic carbocycles. The van der Waals surface area contributed by atoms with Crippen LogP contribution in [0.1, 0.15) is 17.5 Å². The molecular weight excluding hydrogens is 218 g/mol. The van der Waals surface area contributed by atoms with Crippen LogP contribution in [-0.4, -0.2) is 17.6 Å². The topological polar surface area (TPSA) is 55.2 Å². The van der Waals surface area contributed by atoms with Crippen molar-refractivity contribution in [1.29, 1.82) is 0 Å². The zero-order valence-electron chi connectivity index (χ0n) is 9.32. The van der Waals surface area contributed by atoms with Crippen LogP contribution in [0, 0.1) is 0 Å². The van der Waals surface area contributed by atoms with E-state index in [1.807, 2.05) is 24.3 Å². The van der Waals surface area contributed by atoms with Crippen LogP contribution in [0.4, 0.5) is 0 Å². The Balaban J connectivity index is 2.17. The first-order valence-electron chi connectivity index (χ1n) is 5.47. The fraction of sp³-hybridized carbons (Fsp3) is 0.154. The van der Waals surface area contributed by atoms with E-state index in [-0.39, 0.29) is 5.76 Å². The lowest BCUT2D eigenvalue weighted by molar-refractivity contribution is 0.0493. The minimum absolute atomic E-state index is 0.235. The van der Waals surface area contributed by atoms with Gasteiger partial charge in [0.05, 0.1) is 12.1 Å². The minimum Gasteiger partial charge on any atom is -0.460 e. The molecule has 0 aliphatic rings. The average molecular weight is 229 g/mol. The lowest BCUT2D eigenvalue weighted by atomic mass is 10.2. The van der Waals surface area contributed by atoms with E-state index in [1.165, 1.54) is 0 Å². The Morgan fingerprint density at radius 3 is 3.00 bits per heavy atom. The Labute approximate surface area is 97.2 Å². The van der Waals surface area contributed by atoms with E-state index in [0.29, 0.717) is 12.2 Å². The molecular formula is C13H11NO3. The second-order valence-corrected chi connectivity index (χ2v) is 3.74. The van der Waals surface area contributed by atoms with E-state index in [9.17, 15) is 4.79 Å². The van der Waals surface area contributed by atoms with E-state index in [2.05, 4.69) is 4.98 Å². The molecule has 2 heterocycles. The summed E-state index contributed by atoms with van der Waals surface area (Å²) in [7, 11) is 0. The second-order valence-electron chi connectivity index (χ2n) is 3.74. The fourth-order valence-corrected chi connectivity index (χ4v) is 1.92. The summed E-state index contributed by atoms with van der Waals surface area (Å²) in [6.07, 6.45) is 0. The van der Waals surface area contributed by atoms with Gasteiger partial charge >= 0.3 is 5.97 Å². The number of carbonyl (C=O) groups is 1. The summed E-state index contributed by atoms with van der Waals surface area (Å²) in [4.78, 5) is 14.7.